The van der Waals surface area contributed by atoms with E-state index in [-0.39, 0.29) is 25.7 Å². The molecular weight excluding hydrogens is 565 g/mol. The lowest BCUT2D eigenvalue weighted by molar-refractivity contribution is 0.0818. The minimum atomic E-state index is -1.25. The Morgan fingerprint density at radius 2 is 1.86 bits per heavy atom. The van der Waals surface area contributed by atoms with Crippen molar-refractivity contribution < 1.29 is 24.1 Å². The van der Waals surface area contributed by atoms with Crippen LogP contribution in [0.3, 0.4) is 0 Å². The summed E-state index contributed by atoms with van der Waals surface area (Å²) in [6.45, 7) is 11.8. The number of ether oxygens (including phenoxy) is 2. The summed E-state index contributed by atoms with van der Waals surface area (Å²) in [6.07, 6.45) is 2.22. The highest BCUT2D eigenvalue weighted by atomic mass is 28.3. The van der Waals surface area contributed by atoms with E-state index in [1.165, 1.54) is 6.07 Å². The van der Waals surface area contributed by atoms with Gasteiger partial charge in [0.25, 0.3) is 0 Å². The number of piperazine rings is 1. The SMILES string of the molecule is C[Si](C)(C)CCOCn1nc(-c2ccc(N3CCNCC3)c(O)c2)c2cc(-c3c(F)cccc3COCCCO)ncc21. The van der Waals surface area contributed by atoms with Crippen molar-refractivity contribution in [2.45, 2.75) is 45.4 Å². The molecule has 0 atom stereocenters. The fourth-order valence-electron chi connectivity index (χ4n) is 5.22. The molecule has 230 valence electrons. The molecule has 11 heteroatoms. The molecule has 1 fully saturated rings. The summed E-state index contributed by atoms with van der Waals surface area (Å²) in [6, 6.07) is 13.5. The lowest BCUT2D eigenvalue weighted by atomic mass is 10.0. The maximum atomic E-state index is 15.3. The molecule has 4 aromatic rings. The van der Waals surface area contributed by atoms with Crippen LogP contribution in [0.15, 0.2) is 48.7 Å². The molecule has 0 unspecified atom stereocenters. The molecule has 0 saturated carbocycles. The number of aromatic hydroxyl groups is 1. The fourth-order valence-corrected chi connectivity index (χ4v) is 5.97. The van der Waals surface area contributed by atoms with Gasteiger partial charge in [-0.15, -0.1) is 0 Å². The number of halogens is 1. The van der Waals surface area contributed by atoms with Crippen molar-refractivity contribution in [2.75, 3.05) is 50.9 Å². The van der Waals surface area contributed by atoms with Crippen LogP contribution in [0.25, 0.3) is 33.4 Å². The highest BCUT2D eigenvalue weighted by Gasteiger charge is 2.21. The van der Waals surface area contributed by atoms with Crippen LogP contribution in [-0.2, 0) is 22.8 Å². The van der Waals surface area contributed by atoms with E-state index in [0.29, 0.717) is 42.1 Å². The second kappa shape index (κ2) is 14.0. The number of aromatic nitrogens is 3. The number of anilines is 1. The number of nitrogens with zero attached hydrogens (tertiary/aromatic N) is 4. The van der Waals surface area contributed by atoms with Crippen molar-refractivity contribution in [2.24, 2.45) is 0 Å². The third-order valence-electron chi connectivity index (χ3n) is 7.61. The van der Waals surface area contributed by atoms with Crippen molar-refractivity contribution in [3.05, 3.63) is 60.0 Å². The lowest BCUT2D eigenvalue weighted by Gasteiger charge is -2.30. The van der Waals surface area contributed by atoms with E-state index in [1.54, 1.807) is 23.0 Å². The summed E-state index contributed by atoms with van der Waals surface area (Å²) >= 11 is 0. The Kier molecular flexibility index (Phi) is 10.1. The Hall–Kier alpha value is -3.35. The van der Waals surface area contributed by atoms with Gasteiger partial charge in [-0.25, -0.2) is 9.07 Å². The van der Waals surface area contributed by atoms with Gasteiger partial charge >= 0.3 is 0 Å². The maximum Gasteiger partial charge on any atom is 0.140 e. The largest absolute Gasteiger partial charge is 0.506 e. The normalized spacial score (nSPS) is 14.1. The Morgan fingerprint density at radius 1 is 1.05 bits per heavy atom. The molecule has 3 N–H and O–H groups in total. The smallest absolute Gasteiger partial charge is 0.140 e. The van der Waals surface area contributed by atoms with Gasteiger partial charge in [0.15, 0.2) is 0 Å². The number of phenols is 1. The first kappa shape index (κ1) is 31.1. The summed E-state index contributed by atoms with van der Waals surface area (Å²) in [5, 5.41) is 29.2. The number of fused-ring (bicyclic) bond motifs is 1. The third kappa shape index (κ3) is 7.60. The van der Waals surface area contributed by atoms with Gasteiger partial charge in [0.1, 0.15) is 24.0 Å². The second-order valence-corrected chi connectivity index (χ2v) is 17.7. The molecule has 0 amide bonds. The Bertz CT molecular complexity index is 1530. The van der Waals surface area contributed by atoms with Crippen molar-refractivity contribution in [3.63, 3.8) is 0 Å². The molecule has 3 heterocycles. The standard InChI is InChI=1S/C32H42FN5O4Si/c1-43(2,3)17-16-42-22-38-29-20-35-27(31-24(6-4-7-26(31)33)21-41-15-5-14-39)19-25(29)32(36-38)23-8-9-28(30(40)18-23)37-12-10-34-11-13-37/h4,6-9,18-20,34,39-40H,5,10-17,21-22H2,1-3H3. The maximum absolute atomic E-state index is 15.3. The number of rotatable bonds is 13. The topological polar surface area (TPSA) is 105 Å². The summed E-state index contributed by atoms with van der Waals surface area (Å²) in [4.78, 5) is 6.83. The number of aliphatic hydroxyl groups excluding tert-OH is 1. The van der Waals surface area contributed by atoms with Gasteiger partial charge in [-0.2, -0.15) is 5.10 Å². The van der Waals surface area contributed by atoms with Crippen molar-refractivity contribution in [3.8, 4) is 28.3 Å². The molecule has 0 bridgehead atoms. The Labute approximate surface area is 253 Å². The molecule has 0 spiro atoms. The monoisotopic (exact) mass is 607 g/mol. The van der Waals surface area contributed by atoms with Crippen LogP contribution in [-0.4, -0.2) is 79.1 Å². The number of pyridine rings is 1. The van der Waals surface area contributed by atoms with Crippen LogP contribution in [0.4, 0.5) is 10.1 Å². The summed E-state index contributed by atoms with van der Waals surface area (Å²) < 4.78 is 28.8. The molecule has 9 nitrogen and oxygen atoms in total. The zero-order chi connectivity index (χ0) is 30.4. The van der Waals surface area contributed by atoms with E-state index in [2.05, 4.69) is 34.8 Å². The molecule has 5 rings (SSSR count). The van der Waals surface area contributed by atoms with E-state index < -0.39 is 13.9 Å². The molecule has 0 radical (unpaired) electrons. The molecule has 2 aromatic carbocycles. The predicted molar refractivity (Wildman–Crippen MR) is 171 cm³/mol. The van der Waals surface area contributed by atoms with E-state index in [9.17, 15) is 5.11 Å². The van der Waals surface area contributed by atoms with Gasteiger partial charge in [-0.05, 0) is 42.3 Å². The van der Waals surface area contributed by atoms with Gasteiger partial charge in [-0.1, -0.05) is 37.8 Å². The minimum Gasteiger partial charge on any atom is -0.506 e. The van der Waals surface area contributed by atoms with Crippen LogP contribution in [0, 0.1) is 5.82 Å². The van der Waals surface area contributed by atoms with Crippen LogP contribution < -0.4 is 10.2 Å². The number of hydrogen-bond donors (Lipinski definition) is 3. The second-order valence-electron chi connectivity index (χ2n) is 12.1. The zero-order valence-electron chi connectivity index (χ0n) is 25.3. The van der Waals surface area contributed by atoms with Crippen LogP contribution in [0.2, 0.25) is 25.7 Å². The summed E-state index contributed by atoms with van der Waals surface area (Å²) in [7, 11) is -1.25. The molecule has 2 aromatic heterocycles. The molecule has 1 saturated heterocycles. The fraction of sp³-hybridized carbons (Fsp3) is 0.438. The van der Waals surface area contributed by atoms with Crippen molar-refractivity contribution in [1.82, 2.24) is 20.1 Å². The van der Waals surface area contributed by atoms with Gasteiger partial charge in [0.2, 0.25) is 0 Å². The molecule has 43 heavy (non-hydrogen) atoms. The van der Waals surface area contributed by atoms with E-state index in [0.717, 1.165) is 54.4 Å². The third-order valence-corrected chi connectivity index (χ3v) is 9.32. The van der Waals surface area contributed by atoms with Crippen LogP contribution in [0.5, 0.6) is 5.75 Å². The first-order valence-electron chi connectivity index (χ1n) is 14.9. The van der Waals surface area contributed by atoms with E-state index in [1.807, 2.05) is 24.3 Å². The first-order chi connectivity index (χ1) is 20.7. The van der Waals surface area contributed by atoms with E-state index in [4.69, 9.17) is 19.7 Å². The molecular formula is C32H42FN5O4Si. The van der Waals surface area contributed by atoms with Gasteiger partial charge in [0.05, 0.1) is 29.7 Å². The molecule has 0 aliphatic carbocycles. The molecule has 1 aliphatic heterocycles. The zero-order valence-corrected chi connectivity index (χ0v) is 26.3. The minimum absolute atomic E-state index is 0.0363. The number of hydrogen-bond acceptors (Lipinski definition) is 8. The van der Waals surface area contributed by atoms with Gasteiger partial charge in [0, 0.05) is 70.6 Å². The Morgan fingerprint density at radius 3 is 2.60 bits per heavy atom. The first-order valence-corrected chi connectivity index (χ1v) is 18.7. The van der Waals surface area contributed by atoms with Gasteiger partial charge < -0.3 is 29.9 Å². The van der Waals surface area contributed by atoms with Crippen LogP contribution in [0.1, 0.15) is 12.0 Å². The van der Waals surface area contributed by atoms with Crippen LogP contribution >= 0.6 is 0 Å². The number of phenolic OH excluding ortho intramolecular Hbond substituents is 1. The number of benzene rings is 2. The highest BCUT2D eigenvalue weighted by Crippen LogP contribution is 2.37. The number of aliphatic hydroxyl groups is 1. The lowest BCUT2D eigenvalue weighted by Crippen LogP contribution is -2.43. The van der Waals surface area contributed by atoms with Crippen molar-refractivity contribution >= 4 is 24.7 Å². The number of nitrogens with one attached hydrogen (secondary N) is 1. The average molecular weight is 608 g/mol. The van der Waals surface area contributed by atoms with Gasteiger partial charge in [-0.3, -0.25) is 4.98 Å². The summed E-state index contributed by atoms with van der Waals surface area (Å²) in [5.74, 6) is -0.198. The summed E-state index contributed by atoms with van der Waals surface area (Å²) in [5.41, 5.74) is 4.47. The van der Waals surface area contributed by atoms with Crippen molar-refractivity contribution in [1.29, 1.82) is 0 Å². The quantitative estimate of drug-likeness (QED) is 0.140. The average Bonchev–Trinajstić information content (AvgIpc) is 3.35. The van der Waals surface area contributed by atoms with E-state index >= 15 is 4.39 Å². The molecule has 1 aliphatic rings. The predicted octanol–water partition coefficient (Wildman–Crippen LogP) is 5.23. The Balaban J connectivity index is 1.53. The highest BCUT2D eigenvalue weighted by molar-refractivity contribution is 6.76.